The molecule has 4 atom stereocenters. The van der Waals surface area contributed by atoms with Crippen molar-refractivity contribution in [3.8, 4) is 0 Å². The van der Waals surface area contributed by atoms with Crippen molar-refractivity contribution < 1.29 is 14.9 Å². The minimum absolute atomic E-state index is 0.0150. The Balaban J connectivity index is 2.46. The maximum absolute atomic E-state index is 9.63. The van der Waals surface area contributed by atoms with Crippen molar-refractivity contribution in [2.75, 3.05) is 6.61 Å². The van der Waals surface area contributed by atoms with Gasteiger partial charge in [0.2, 0.25) is 0 Å². The highest BCUT2D eigenvalue weighted by Crippen LogP contribution is 2.45. The predicted octanol–water partition coefficient (Wildman–Crippen LogP) is 1.57. The van der Waals surface area contributed by atoms with Crippen molar-refractivity contribution in [2.24, 2.45) is 11.3 Å². The van der Waals surface area contributed by atoms with Gasteiger partial charge in [0.15, 0.2) is 0 Å². The molecule has 1 saturated heterocycles. The molecule has 0 aromatic rings. The fourth-order valence-corrected chi connectivity index (χ4v) is 2.10. The molecule has 0 aromatic heterocycles. The van der Waals surface area contributed by atoms with Crippen molar-refractivity contribution in [1.82, 2.24) is 0 Å². The quantitative estimate of drug-likeness (QED) is 0.663. The summed E-state index contributed by atoms with van der Waals surface area (Å²) in [7, 11) is 0. The van der Waals surface area contributed by atoms with Gasteiger partial charge in [0, 0.05) is 0 Å². The summed E-state index contributed by atoms with van der Waals surface area (Å²) in [4.78, 5) is 0. The number of hydrogen-bond donors (Lipinski definition) is 2. The Hall–Kier alpha value is -0.120. The molecule has 4 unspecified atom stereocenters. The monoisotopic (exact) mass is 216 g/mol. The van der Waals surface area contributed by atoms with Crippen LogP contribution in [0.15, 0.2) is 0 Å². The fourth-order valence-electron chi connectivity index (χ4n) is 2.10. The second-order valence-electron chi connectivity index (χ2n) is 5.30. The Morgan fingerprint density at radius 3 is 2.40 bits per heavy atom. The molecule has 0 radical (unpaired) electrons. The molecule has 0 saturated carbocycles. The smallest absolute Gasteiger partial charge is 0.108 e. The Morgan fingerprint density at radius 1 is 1.40 bits per heavy atom. The van der Waals surface area contributed by atoms with Crippen LogP contribution in [0.2, 0.25) is 0 Å². The van der Waals surface area contributed by atoms with Gasteiger partial charge in [-0.3, -0.25) is 0 Å². The third-order valence-corrected chi connectivity index (χ3v) is 3.86. The first-order valence-corrected chi connectivity index (χ1v) is 5.87. The molecular formula is C12H24O3. The van der Waals surface area contributed by atoms with E-state index in [9.17, 15) is 5.11 Å². The Labute approximate surface area is 92.4 Å². The number of aliphatic hydroxyl groups is 2. The summed E-state index contributed by atoms with van der Waals surface area (Å²) < 4.78 is 5.44. The number of aliphatic hydroxyl groups excluding tert-OH is 2. The molecule has 1 fully saturated rings. The van der Waals surface area contributed by atoms with Gasteiger partial charge in [0.05, 0.1) is 18.8 Å². The summed E-state index contributed by atoms with van der Waals surface area (Å²) in [6.45, 7) is 8.56. The molecule has 90 valence electrons. The van der Waals surface area contributed by atoms with E-state index >= 15 is 0 Å². The maximum atomic E-state index is 9.63. The van der Waals surface area contributed by atoms with E-state index in [0.29, 0.717) is 5.92 Å². The zero-order valence-electron chi connectivity index (χ0n) is 10.2. The summed E-state index contributed by atoms with van der Waals surface area (Å²) >= 11 is 0. The second-order valence-corrected chi connectivity index (χ2v) is 5.30. The summed E-state index contributed by atoms with van der Waals surface area (Å²) in [6.07, 6.45) is 1.56. The number of epoxide rings is 1. The van der Waals surface area contributed by atoms with Crippen LogP contribution in [0, 0.1) is 11.3 Å². The largest absolute Gasteiger partial charge is 0.394 e. The van der Waals surface area contributed by atoms with E-state index in [0.717, 1.165) is 12.8 Å². The fraction of sp³-hybridized carbons (Fsp3) is 1.00. The van der Waals surface area contributed by atoms with Crippen LogP contribution in [0.1, 0.15) is 40.5 Å². The van der Waals surface area contributed by atoms with Crippen LogP contribution in [0.25, 0.3) is 0 Å². The van der Waals surface area contributed by atoms with Crippen LogP contribution in [0.3, 0.4) is 0 Å². The Morgan fingerprint density at radius 2 is 2.00 bits per heavy atom. The second kappa shape index (κ2) is 4.81. The first-order valence-electron chi connectivity index (χ1n) is 5.87. The third kappa shape index (κ3) is 2.92. The van der Waals surface area contributed by atoms with E-state index in [1.807, 2.05) is 6.92 Å². The lowest BCUT2D eigenvalue weighted by Gasteiger charge is -2.31. The van der Waals surface area contributed by atoms with E-state index < -0.39 is 0 Å². The van der Waals surface area contributed by atoms with E-state index in [1.54, 1.807) is 0 Å². The molecule has 0 aliphatic carbocycles. The standard InChI is InChI=1S/C12H24O3/c1-5-9(14)6-8(2)12(3,4)11-10(7-13)15-11/h8-11,13-14H,5-7H2,1-4H3. The molecule has 0 amide bonds. The Bertz CT molecular complexity index is 203. The van der Waals surface area contributed by atoms with Crippen LogP contribution < -0.4 is 0 Å². The average Bonchev–Trinajstić information content (AvgIpc) is 2.96. The molecule has 3 heteroatoms. The lowest BCUT2D eigenvalue weighted by molar-refractivity contribution is 0.0831. The van der Waals surface area contributed by atoms with Gasteiger partial charge >= 0.3 is 0 Å². The Kier molecular flexibility index (Phi) is 4.15. The van der Waals surface area contributed by atoms with Gasteiger partial charge in [-0.1, -0.05) is 27.7 Å². The first kappa shape index (κ1) is 12.9. The molecular weight excluding hydrogens is 192 g/mol. The van der Waals surface area contributed by atoms with Crippen molar-refractivity contribution in [2.45, 2.75) is 58.8 Å². The van der Waals surface area contributed by atoms with Crippen molar-refractivity contribution in [3.05, 3.63) is 0 Å². The molecule has 0 bridgehead atoms. The zero-order valence-corrected chi connectivity index (χ0v) is 10.2. The highest BCUT2D eigenvalue weighted by Gasteiger charge is 2.51. The average molecular weight is 216 g/mol. The van der Waals surface area contributed by atoms with Crippen LogP contribution in [-0.2, 0) is 4.74 Å². The molecule has 1 rings (SSSR count). The third-order valence-electron chi connectivity index (χ3n) is 3.86. The molecule has 15 heavy (non-hydrogen) atoms. The number of rotatable bonds is 6. The molecule has 0 aromatic carbocycles. The number of ether oxygens (including phenoxy) is 1. The van der Waals surface area contributed by atoms with Gasteiger partial charge in [0.1, 0.15) is 6.10 Å². The molecule has 3 nitrogen and oxygen atoms in total. The van der Waals surface area contributed by atoms with Crippen LogP contribution in [-0.4, -0.2) is 35.1 Å². The van der Waals surface area contributed by atoms with E-state index in [2.05, 4.69) is 20.8 Å². The molecule has 2 N–H and O–H groups in total. The van der Waals surface area contributed by atoms with Gasteiger partial charge in [0.25, 0.3) is 0 Å². The molecule has 0 spiro atoms. The summed E-state index contributed by atoms with van der Waals surface area (Å²) in [5.41, 5.74) is 0.0313. The van der Waals surface area contributed by atoms with Gasteiger partial charge < -0.3 is 14.9 Å². The minimum atomic E-state index is -0.217. The molecule has 1 heterocycles. The van der Waals surface area contributed by atoms with Crippen molar-refractivity contribution in [1.29, 1.82) is 0 Å². The van der Waals surface area contributed by atoms with Crippen LogP contribution in [0.4, 0.5) is 0 Å². The lowest BCUT2D eigenvalue weighted by atomic mass is 9.73. The summed E-state index contributed by atoms with van der Waals surface area (Å²) in [6, 6.07) is 0. The highest BCUT2D eigenvalue weighted by atomic mass is 16.6. The van der Waals surface area contributed by atoms with Crippen LogP contribution in [0.5, 0.6) is 0 Å². The SMILES string of the molecule is CCC(O)CC(C)C(C)(C)C1OC1CO. The highest BCUT2D eigenvalue weighted by molar-refractivity contribution is 4.98. The first-order chi connectivity index (χ1) is 6.93. The van der Waals surface area contributed by atoms with E-state index in [4.69, 9.17) is 9.84 Å². The van der Waals surface area contributed by atoms with E-state index in [-0.39, 0.29) is 30.3 Å². The molecule has 1 aliphatic heterocycles. The van der Waals surface area contributed by atoms with Gasteiger partial charge in [-0.25, -0.2) is 0 Å². The van der Waals surface area contributed by atoms with Crippen molar-refractivity contribution >= 4 is 0 Å². The normalized spacial score (nSPS) is 30.0. The summed E-state index contributed by atoms with van der Waals surface area (Å²) in [5.74, 6) is 0.397. The number of hydrogen-bond acceptors (Lipinski definition) is 3. The van der Waals surface area contributed by atoms with E-state index in [1.165, 1.54) is 0 Å². The van der Waals surface area contributed by atoms with Gasteiger partial charge in [-0.15, -0.1) is 0 Å². The van der Waals surface area contributed by atoms with Gasteiger partial charge in [-0.05, 0) is 24.2 Å². The van der Waals surface area contributed by atoms with Gasteiger partial charge in [-0.2, -0.15) is 0 Å². The summed E-state index contributed by atoms with van der Waals surface area (Å²) in [5, 5.41) is 18.6. The predicted molar refractivity (Wildman–Crippen MR) is 59.6 cm³/mol. The van der Waals surface area contributed by atoms with Crippen LogP contribution >= 0.6 is 0 Å². The lowest BCUT2D eigenvalue weighted by Crippen LogP contribution is -2.32. The topological polar surface area (TPSA) is 53.0 Å². The maximum Gasteiger partial charge on any atom is 0.108 e. The molecule has 1 aliphatic rings. The minimum Gasteiger partial charge on any atom is -0.394 e. The zero-order chi connectivity index (χ0) is 11.6. The van der Waals surface area contributed by atoms with Crippen molar-refractivity contribution in [3.63, 3.8) is 0 Å².